The summed E-state index contributed by atoms with van der Waals surface area (Å²) in [6.45, 7) is 6.78. The van der Waals surface area contributed by atoms with Crippen LogP contribution in [-0.2, 0) is 14.3 Å². The van der Waals surface area contributed by atoms with Crippen LogP contribution in [0.4, 0.5) is 5.69 Å². The maximum absolute atomic E-state index is 13.0. The first kappa shape index (κ1) is 34.0. The Labute approximate surface area is 256 Å². The summed E-state index contributed by atoms with van der Waals surface area (Å²) in [5.74, 6) is -1.94. The number of hydrogen-bond donors (Lipinski definition) is 5. The summed E-state index contributed by atoms with van der Waals surface area (Å²) in [5.41, 5.74) is 0.405. The zero-order valence-electron chi connectivity index (χ0n) is 25.5. The predicted molar refractivity (Wildman–Crippen MR) is 162 cm³/mol. The van der Waals surface area contributed by atoms with Gasteiger partial charge in [-0.05, 0) is 38.5 Å². The Bertz CT molecular complexity index is 1420. The van der Waals surface area contributed by atoms with Gasteiger partial charge < -0.3 is 40.4 Å². The lowest BCUT2D eigenvalue weighted by molar-refractivity contribution is -0.384. The van der Waals surface area contributed by atoms with Crippen LogP contribution < -0.4 is 25.4 Å². The zero-order valence-corrected chi connectivity index (χ0v) is 25.5. The average Bonchev–Trinajstić information content (AvgIpc) is 3.00. The Balaban J connectivity index is 1.67. The minimum Gasteiger partial charge on any atom is -0.493 e. The van der Waals surface area contributed by atoms with Gasteiger partial charge in [-0.15, -0.1) is 0 Å². The molecule has 0 saturated heterocycles. The van der Waals surface area contributed by atoms with E-state index in [-0.39, 0.29) is 30.0 Å². The zero-order chi connectivity index (χ0) is 32.4. The fraction of sp³-hybridized carbons (Fsp3) is 0.419. The number of allylic oxidation sites excluding steroid dienone is 1. The number of rotatable bonds is 16. The number of methoxy groups -OCH3 is 2. The molecule has 0 aliphatic carbocycles. The highest BCUT2D eigenvalue weighted by atomic mass is 16.6. The van der Waals surface area contributed by atoms with Gasteiger partial charge in [-0.2, -0.15) is 0 Å². The lowest BCUT2D eigenvalue weighted by Gasteiger charge is -2.31. The number of benzene rings is 2. The topological polar surface area (TPSA) is 182 Å². The second-order valence-electron chi connectivity index (χ2n) is 10.9. The van der Waals surface area contributed by atoms with Gasteiger partial charge in [0.1, 0.15) is 12.7 Å². The van der Waals surface area contributed by atoms with Gasteiger partial charge in [0, 0.05) is 55.1 Å². The number of nitrogens with one attached hydrogen (secondary N) is 3. The number of hydrogen-bond acceptors (Lipinski definition) is 11. The van der Waals surface area contributed by atoms with Crippen LogP contribution in [-0.4, -0.2) is 79.2 Å². The second kappa shape index (κ2) is 15.3. The number of β-amino-alcohol motifs (C(OH)–C–C–N with tert-alkyl or cyclic N) is 1. The molecule has 1 aliphatic heterocycles. The third-order valence-electron chi connectivity index (χ3n) is 7.13. The van der Waals surface area contributed by atoms with Crippen LogP contribution in [0.15, 0.2) is 71.1 Å². The summed E-state index contributed by atoms with van der Waals surface area (Å²) in [4.78, 5) is 36.2. The van der Waals surface area contributed by atoms with Crippen LogP contribution in [0, 0.1) is 10.1 Å². The Kier molecular flexibility index (Phi) is 11.9. The van der Waals surface area contributed by atoms with Crippen molar-refractivity contribution in [2.75, 3.05) is 40.5 Å². The van der Waals surface area contributed by atoms with E-state index in [2.05, 4.69) is 16.0 Å². The number of ether oxygens (including phenoxy) is 3. The molecule has 2 aromatic carbocycles. The van der Waals surface area contributed by atoms with E-state index >= 15 is 0 Å². The average molecular weight is 613 g/mol. The summed E-state index contributed by atoms with van der Waals surface area (Å²) in [6.07, 6.45) is -0.465. The van der Waals surface area contributed by atoms with Gasteiger partial charge in [-0.3, -0.25) is 10.1 Å². The summed E-state index contributed by atoms with van der Waals surface area (Å²) < 4.78 is 16.0. The molecule has 238 valence electrons. The quantitative estimate of drug-likeness (QED) is 0.0810. The Hall–Kier alpha value is -4.46. The van der Waals surface area contributed by atoms with Crippen LogP contribution in [0.1, 0.15) is 38.7 Å². The lowest BCUT2D eigenvalue weighted by Crippen LogP contribution is -2.51. The third-order valence-corrected chi connectivity index (χ3v) is 7.13. The molecule has 1 heterocycles. The number of nitrogens with zero attached hydrogens (tertiary/aromatic N) is 1. The highest BCUT2D eigenvalue weighted by Crippen LogP contribution is 2.40. The van der Waals surface area contributed by atoms with Crippen LogP contribution in [0.5, 0.6) is 11.5 Å². The molecule has 13 nitrogen and oxygen atoms in total. The van der Waals surface area contributed by atoms with E-state index in [0.717, 1.165) is 0 Å². The highest BCUT2D eigenvalue weighted by molar-refractivity contribution is 5.99. The van der Waals surface area contributed by atoms with Crippen molar-refractivity contribution in [3.8, 4) is 11.5 Å². The number of nitro groups is 1. The first-order valence-electron chi connectivity index (χ1n) is 14.0. The van der Waals surface area contributed by atoms with E-state index in [1.165, 1.54) is 25.3 Å². The van der Waals surface area contributed by atoms with Crippen molar-refractivity contribution in [2.24, 2.45) is 0 Å². The number of aliphatic hydroxyl groups excluding tert-OH is 1. The fourth-order valence-corrected chi connectivity index (χ4v) is 4.93. The molecule has 3 rings (SSSR count). The molecule has 0 bridgehead atoms. The molecule has 0 radical (unpaired) electrons. The first-order valence-corrected chi connectivity index (χ1v) is 14.0. The number of aliphatic hydroxyl groups is 1. The lowest BCUT2D eigenvalue weighted by atomic mass is 9.79. The number of nitro benzene ring substituents is 1. The maximum Gasteiger partial charge on any atom is 0.336 e. The van der Waals surface area contributed by atoms with Gasteiger partial charge >= 0.3 is 11.9 Å². The molecule has 13 heteroatoms. The molecule has 5 N–H and O–H groups in total. The van der Waals surface area contributed by atoms with Gasteiger partial charge in [-0.1, -0.05) is 24.3 Å². The summed E-state index contributed by atoms with van der Waals surface area (Å²) in [5, 5.41) is 41.6. The van der Waals surface area contributed by atoms with Gasteiger partial charge in [0.05, 0.1) is 36.2 Å². The first-order chi connectivity index (χ1) is 20.9. The van der Waals surface area contributed by atoms with E-state index in [9.17, 15) is 29.9 Å². The van der Waals surface area contributed by atoms with Crippen molar-refractivity contribution < 1.29 is 38.9 Å². The molecule has 44 heavy (non-hydrogen) atoms. The second-order valence-corrected chi connectivity index (χ2v) is 10.9. The van der Waals surface area contributed by atoms with Gasteiger partial charge in [0.2, 0.25) is 0 Å². The Morgan fingerprint density at radius 1 is 1.11 bits per heavy atom. The molecular formula is C31H40N4O9. The summed E-state index contributed by atoms with van der Waals surface area (Å²) in [7, 11) is 2.75. The molecule has 0 aromatic heterocycles. The number of esters is 1. The number of carboxylic acids is 1. The smallest absolute Gasteiger partial charge is 0.336 e. The minimum atomic E-state index is -1.26. The normalized spacial score (nSPS) is 15.8. The van der Waals surface area contributed by atoms with E-state index in [4.69, 9.17) is 14.2 Å². The highest BCUT2D eigenvalue weighted by Gasteiger charge is 2.38. The third kappa shape index (κ3) is 8.78. The molecule has 2 atom stereocenters. The number of aliphatic carboxylic acids is 1. The Morgan fingerprint density at radius 3 is 2.45 bits per heavy atom. The minimum absolute atomic E-state index is 0.0734. The molecule has 0 spiro atoms. The van der Waals surface area contributed by atoms with E-state index in [1.807, 2.05) is 26.0 Å². The number of non-ortho nitro benzene ring substituents is 1. The monoisotopic (exact) mass is 612 g/mol. The molecular weight excluding hydrogens is 572 g/mol. The van der Waals surface area contributed by atoms with Crippen molar-refractivity contribution in [3.05, 3.63) is 86.7 Å². The van der Waals surface area contributed by atoms with Crippen molar-refractivity contribution in [2.45, 2.75) is 44.8 Å². The van der Waals surface area contributed by atoms with Crippen LogP contribution in [0.25, 0.3) is 0 Å². The predicted octanol–water partition coefficient (Wildman–Crippen LogP) is 2.86. The van der Waals surface area contributed by atoms with Gasteiger partial charge in [0.15, 0.2) is 11.5 Å². The van der Waals surface area contributed by atoms with E-state index in [0.29, 0.717) is 48.0 Å². The molecule has 0 fully saturated rings. The standard InChI is InChI=1S/C31H40N4O9/c1-19-26(29(37)38)27(20-9-8-10-21(15-20)35(40)41)28(30(39)43-5)23(34-19)13-14-32-18-31(2,3)33-16-22(36)17-44-25-12-7-6-11-24(25)42-4/h6-12,15,22,27,32-34,36H,13-14,16-18H2,1-5H3,(H,37,38). The van der Waals surface area contributed by atoms with Crippen LogP contribution in [0.3, 0.4) is 0 Å². The van der Waals surface area contributed by atoms with E-state index in [1.54, 1.807) is 32.2 Å². The number of carbonyl (C=O) groups is 2. The SMILES string of the molecule is COC(=O)C1=C(CCNCC(C)(C)NCC(O)COc2ccccc2OC)NC(C)=C(C(=O)O)C1c1cccc([N+](=O)[O-])c1. The summed E-state index contributed by atoms with van der Waals surface area (Å²) in [6, 6.07) is 12.8. The van der Waals surface area contributed by atoms with Crippen LogP contribution in [0.2, 0.25) is 0 Å². The number of para-hydroxylation sites is 2. The molecule has 0 saturated carbocycles. The maximum atomic E-state index is 13.0. The molecule has 2 unspecified atom stereocenters. The fourth-order valence-electron chi connectivity index (χ4n) is 4.93. The van der Waals surface area contributed by atoms with Crippen LogP contribution >= 0.6 is 0 Å². The Morgan fingerprint density at radius 2 is 1.82 bits per heavy atom. The van der Waals surface area contributed by atoms with E-state index < -0.39 is 34.4 Å². The number of carbonyl (C=O) groups excluding carboxylic acids is 1. The van der Waals surface area contributed by atoms with Crippen molar-refractivity contribution in [1.82, 2.24) is 16.0 Å². The largest absolute Gasteiger partial charge is 0.493 e. The van der Waals surface area contributed by atoms with Gasteiger partial charge in [-0.25, -0.2) is 9.59 Å². The van der Waals surface area contributed by atoms with Gasteiger partial charge in [0.25, 0.3) is 5.69 Å². The molecule has 0 amide bonds. The van der Waals surface area contributed by atoms with Crippen molar-refractivity contribution in [3.63, 3.8) is 0 Å². The van der Waals surface area contributed by atoms with Crippen molar-refractivity contribution in [1.29, 1.82) is 0 Å². The summed E-state index contributed by atoms with van der Waals surface area (Å²) >= 11 is 0. The number of dihydropyridines is 1. The number of carboxylic acid groups (broad SMARTS) is 1. The molecule has 2 aromatic rings. The van der Waals surface area contributed by atoms with Crippen molar-refractivity contribution >= 4 is 17.6 Å². The molecule has 1 aliphatic rings.